The van der Waals surface area contributed by atoms with Crippen LogP contribution in [0, 0.1) is 0 Å². The summed E-state index contributed by atoms with van der Waals surface area (Å²) in [7, 11) is 0. The van der Waals surface area contributed by atoms with Gasteiger partial charge in [0.25, 0.3) is 0 Å². The average molecular weight is 525 g/mol. The standard InChI is InChI=1S/C38H24N2O/c1-2-8-25(9-3-1)28-19-20-30-32-11-6-10-31-29(21-22-36(38(31)32)41-37(30)24-28)26-15-17-27(18-16-26)33-13-7-14-35(40-33)34-12-4-5-23-39-34/h1-24H. The third-order valence-electron chi connectivity index (χ3n) is 7.77. The van der Waals surface area contributed by atoms with E-state index in [1.54, 1.807) is 6.20 Å². The van der Waals surface area contributed by atoms with E-state index in [-0.39, 0.29) is 0 Å². The predicted octanol–water partition coefficient (Wildman–Crippen LogP) is 10.1. The molecule has 7 aromatic rings. The van der Waals surface area contributed by atoms with Crippen LogP contribution in [0.15, 0.2) is 146 Å². The summed E-state index contributed by atoms with van der Waals surface area (Å²) in [6.07, 6.45) is 1.80. The van der Waals surface area contributed by atoms with Crippen LogP contribution in [0.5, 0.6) is 11.5 Å². The fourth-order valence-electron chi connectivity index (χ4n) is 5.77. The van der Waals surface area contributed by atoms with Gasteiger partial charge in [0.1, 0.15) is 11.5 Å². The third-order valence-corrected chi connectivity index (χ3v) is 7.77. The molecule has 0 bridgehead atoms. The lowest BCUT2D eigenvalue weighted by molar-refractivity contribution is 0.487. The van der Waals surface area contributed by atoms with Crippen LogP contribution in [-0.2, 0) is 0 Å². The first-order valence-electron chi connectivity index (χ1n) is 13.7. The van der Waals surface area contributed by atoms with Gasteiger partial charge in [-0.15, -0.1) is 0 Å². The van der Waals surface area contributed by atoms with Gasteiger partial charge in [0.05, 0.1) is 17.1 Å². The molecule has 0 aliphatic carbocycles. The quantitative estimate of drug-likeness (QED) is 0.230. The monoisotopic (exact) mass is 524 g/mol. The van der Waals surface area contributed by atoms with Gasteiger partial charge >= 0.3 is 0 Å². The number of fused-ring (bicyclic) bond motifs is 2. The number of aromatic nitrogens is 2. The van der Waals surface area contributed by atoms with Crippen molar-refractivity contribution in [3.63, 3.8) is 0 Å². The van der Waals surface area contributed by atoms with E-state index in [4.69, 9.17) is 9.72 Å². The van der Waals surface area contributed by atoms with Gasteiger partial charge in [0.2, 0.25) is 0 Å². The Labute approximate surface area is 238 Å². The van der Waals surface area contributed by atoms with Gasteiger partial charge < -0.3 is 4.74 Å². The van der Waals surface area contributed by atoms with Crippen molar-refractivity contribution in [2.75, 3.05) is 0 Å². The van der Waals surface area contributed by atoms with Crippen LogP contribution in [0.25, 0.3) is 66.8 Å². The number of nitrogens with zero attached hydrogens (tertiary/aromatic N) is 2. The zero-order valence-electron chi connectivity index (χ0n) is 22.2. The summed E-state index contributed by atoms with van der Waals surface area (Å²) in [5.74, 6) is 1.79. The summed E-state index contributed by atoms with van der Waals surface area (Å²) in [6.45, 7) is 0. The highest BCUT2D eigenvalue weighted by Crippen LogP contribution is 2.49. The fourth-order valence-corrected chi connectivity index (χ4v) is 5.77. The van der Waals surface area contributed by atoms with E-state index in [0.717, 1.165) is 56.2 Å². The Morgan fingerprint density at radius 1 is 0.415 bits per heavy atom. The van der Waals surface area contributed by atoms with E-state index < -0.39 is 0 Å². The molecule has 8 rings (SSSR count). The molecule has 0 fully saturated rings. The highest BCUT2D eigenvalue weighted by molar-refractivity contribution is 6.10. The van der Waals surface area contributed by atoms with Gasteiger partial charge in [-0.05, 0) is 75.7 Å². The number of hydrogen-bond donors (Lipinski definition) is 0. The van der Waals surface area contributed by atoms with Crippen molar-refractivity contribution in [2.45, 2.75) is 0 Å². The lowest BCUT2D eigenvalue weighted by atomic mass is 9.89. The number of hydrogen-bond acceptors (Lipinski definition) is 3. The minimum Gasteiger partial charge on any atom is -0.456 e. The summed E-state index contributed by atoms with van der Waals surface area (Å²) in [4.78, 5) is 9.33. The molecule has 0 unspecified atom stereocenters. The fraction of sp³-hybridized carbons (Fsp3) is 0. The second-order valence-corrected chi connectivity index (χ2v) is 10.2. The Hall–Kier alpha value is -5.54. The van der Waals surface area contributed by atoms with Crippen molar-refractivity contribution < 1.29 is 4.74 Å². The topological polar surface area (TPSA) is 35.0 Å². The molecule has 0 N–H and O–H groups in total. The van der Waals surface area contributed by atoms with E-state index in [9.17, 15) is 0 Å². The summed E-state index contributed by atoms with van der Waals surface area (Å²) < 4.78 is 6.51. The Kier molecular flexibility index (Phi) is 5.46. The van der Waals surface area contributed by atoms with Gasteiger partial charge in [0.15, 0.2) is 0 Å². The summed E-state index contributed by atoms with van der Waals surface area (Å²) >= 11 is 0. The molecule has 0 saturated carbocycles. The molecule has 3 nitrogen and oxygen atoms in total. The molecule has 41 heavy (non-hydrogen) atoms. The minimum absolute atomic E-state index is 0.868. The van der Waals surface area contributed by atoms with E-state index in [1.807, 2.05) is 42.5 Å². The summed E-state index contributed by atoms with van der Waals surface area (Å²) in [5, 5.41) is 2.33. The van der Waals surface area contributed by atoms with Crippen molar-refractivity contribution in [3.05, 3.63) is 146 Å². The Morgan fingerprint density at radius 3 is 2.00 bits per heavy atom. The molecule has 0 radical (unpaired) electrons. The SMILES string of the molecule is c1ccc(-c2ccc3c(c2)Oc2ccc(-c4ccc(-c5cccc(-c6ccccn6)n5)cc4)c4cccc-3c24)cc1. The maximum atomic E-state index is 6.51. The van der Waals surface area contributed by atoms with E-state index in [1.165, 1.54) is 22.1 Å². The highest BCUT2D eigenvalue weighted by atomic mass is 16.5. The Morgan fingerprint density at radius 2 is 1.15 bits per heavy atom. The zero-order valence-corrected chi connectivity index (χ0v) is 22.2. The Bertz CT molecular complexity index is 2050. The molecule has 0 atom stereocenters. The van der Waals surface area contributed by atoms with E-state index >= 15 is 0 Å². The smallest absolute Gasteiger partial charge is 0.135 e. The number of ether oxygens (including phenoxy) is 1. The highest BCUT2D eigenvalue weighted by Gasteiger charge is 2.22. The largest absolute Gasteiger partial charge is 0.456 e. The minimum atomic E-state index is 0.868. The molecule has 3 heteroatoms. The molecule has 1 aliphatic rings. The van der Waals surface area contributed by atoms with Gasteiger partial charge in [0, 0.05) is 22.7 Å². The van der Waals surface area contributed by atoms with Gasteiger partial charge in [-0.25, -0.2) is 4.98 Å². The van der Waals surface area contributed by atoms with Crippen LogP contribution in [0.2, 0.25) is 0 Å². The Balaban J connectivity index is 1.17. The van der Waals surface area contributed by atoms with Crippen molar-refractivity contribution in [1.29, 1.82) is 0 Å². The lowest BCUT2D eigenvalue weighted by Gasteiger charge is -2.23. The van der Waals surface area contributed by atoms with Crippen LogP contribution in [0.3, 0.4) is 0 Å². The second-order valence-electron chi connectivity index (χ2n) is 10.2. The zero-order chi connectivity index (χ0) is 27.2. The average Bonchev–Trinajstić information content (AvgIpc) is 3.06. The van der Waals surface area contributed by atoms with Crippen LogP contribution in [0.1, 0.15) is 0 Å². The van der Waals surface area contributed by atoms with Gasteiger partial charge in [-0.2, -0.15) is 0 Å². The molecule has 0 amide bonds. The summed E-state index contributed by atoms with van der Waals surface area (Å²) in [6, 6.07) is 48.4. The lowest BCUT2D eigenvalue weighted by Crippen LogP contribution is -1.98. The first-order chi connectivity index (χ1) is 20.3. The predicted molar refractivity (Wildman–Crippen MR) is 167 cm³/mol. The molecule has 0 spiro atoms. The van der Waals surface area contributed by atoms with Gasteiger partial charge in [-0.1, -0.05) is 97.1 Å². The first-order valence-corrected chi connectivity index (χ1v) is 13.7. The van der Waals surface area contributed by atoms with Crippen molar-refractivity contribution in [3.8, 4) is 67.5 Å². The normalized spacial score (nSPS) is 11.6. The molecular formula is C38H24N2O. The van der Waals surface area contributed by atoms with E-state index in [2.05, 4.69) is 102 Å². The summed E-state index contributed by atoms with van der Waals surface area (Å²) in [5.41, 5.74) is 10.7. The molecule has 1 aliphatic heterocycles. The van der Waals surface area contributed by atoms with Crippen LogP contribution in [0.4, 0.5) is 0 Å². The number of rotatable bonds is 4. The van der Waals surface area contributed by atoms with Crippen LogP contribution < -0.4 is 4.74 Å². The van der Waals surface area contributed by atoms with Crippen molar-refractivity contribution in [2.24, 2.45) is 0 Å². The molecule has 192 valence electrons. The first kappa shape index (κ1) is 23.4. The number of benzene rings is 5. The molecule has 5 aromatic carbocycles. The molecule has 3 heterocycles. The van der Waals surface area contributed by atoms with Crippen LogP contribution in [-0.4, -0.2) is 9.97 Å². The third kappa shape index (κ3) is 4.07. The van der Waals surface area contributed by atoms with Crippen molar-refractivity contribution in [1.82, 2.24) is 9.97 Å². The molecular weight excluding hydrogens is 500 g/mol. The van der Waals surface area contributed by atoms with Crippen LogP contribution >= 0.6 is 0 Å². The molecule has 2 aromatic heterocycles. The van der Waals surface area contributed by atoms with Gasteiger partial charge in [-0.3, -0.25) is 4.98 Å². The number of pyridine rings is 2. The maximum Gasteiger partial charge on any atom is 0.135 e. The second kappa shape index (κ2) is 9.58. The maximum absolute atomic E-state index is 6.51. The van der Waals surface area contributed by atoms with Crippen molar-refractivity contribution >= 4 is 10.8 Å². The van der Waals surface area contributed by atoms with E-state index in [0.29, 0.717) is 0 Å². The molecule has 0 saturated heterocycles.